The monoisotopic (exact) mass is 153 g/mol. The van der Waals surface area contributed by atoms with Crippen LogP contribution in [0.15, 0.2) is 25.1 Å². The Morgan fingerprint density at radius 2 is 2.00 bits per heavy atom. The molecule has 1 nitrogen and oxygen atoms in total. The van der Waals surface area contributed by atoms with Gasteiger partial charge in [-0.2, -0.15) is 0 Å². The summed E-state index contributed by atoms with van der Waals surface area (Å²) < 4.78 is 0. The maximum atomic E-state index is 3.87. The molecule has 0 spiro atoms. The zero-order valence-electron chi connectivity index (χ0n) is 7.91. The van der Waals surface area contributed by atoms with Gasteiger partial charge in [-0.25, -0.2) is 0 Å². The smallest absolute Gasteiger partial charge is 0.00733 e. The molecule has 0 radical (unpaired) electrons. The molecule has 64 valence electrons. The fraction of sp³-hybridized carbons (Fsp3) is 0.600. The Hall–Kier alpha value is -0.720. The molecular formula is C10H19N. The average molecular weight is 153 g/mol. The standard InChI is InChI=1S/C10H19N/c1-6-11-9(2)7-8-10(3,4)5/h6,11H,1-2,7-8H2,3-5H3. The second-order valence-electron chi connectivity index (χ2n) is 4.01. The molecule has 1 heteroatoms. The van der Waals surface area contributed by atoms with Crippen LogP contribution in [-0.2, 0) is 0 Å². The summed E-state index contributed by atoms with van der Waals surface area (Å²) in [6.07, 6.45) is 3.85. The molecule has 1 N–H and O–H groups in total. The molecule has 0 rings (SSSR count). The Kier molecular flexibility index (Phi) is 3.94. The van der Waals surface area contributed by atoms with Crippen molar-refractivity contribution in [1.29, 1.82) is 0 Å². The van der Waals surface area contributed by atoms with E-state index < -0.39 is 0 Å². The van der Waals surface area contributed by atoms with E-state index in [1.54, 1.807) is 6.20 Å². The summed E-state index contributed by atoms with van der Waals surface area (Å²) in [6, 6.07) is 0. The largest absolute Gasteiger partial charge is 0.366 e. The maximum Gasteiger partial charge on any atom is 0.00733 e. The van der Waals surface area contributed by atoms with E-state index in [1.165, 1.54) is 0 Å². The van der Waals surface area contributed by atoms with Crippen LogP contribution in [0.4, 0.5) is 0 Å². The van der Waals surface area contributed by atoms with Crippen LogP contribution in [0.2, 0.25) is 0 Å². The van der Waals surface area contributed by atoms with Gasteiger partial charge in [0.1, 0.15) is 0 Å². The predicted molar refractivity (Wildman–Crippen MR) is 51.2 cm³/mol. The minimum absolute atomic E-state index is 0.395. The fourth-order valence-corrected chi connectivity index (χ4v) is 0.742. The van der Waals surface area contributed by atoms with Crippen LogP contribution in [0.1, 0.15) is 33.6 Å². The third-order valence-corrected chi connectivity index (χ3v) is 1.48. The lowest BCUT2D eigenvalue weighted by molar-refractivity contribution is 0.375. The van der Waals surface area contributed by atoms with E-state index in [2.05, 4.69) is 39.2 Å². The zero-order valence-corrected chi connectivity index (χ0v) is 7.91. The van der Waals surface area contributed by atoms with Crippen molar-refractivity contribution in [3.63, 3.8) is 0 Å². The summed E-state index contributed by atoms with van der Waals surface area (Å²) in [5, 5.41) is 2.99. The molecule has 0 atom stereocenters. The van der Waals surface area contributed by atoms with Crippen molar-refractivity contribution in [2.45, 2.75) is 33.6 Å². The molecule has 0 aromatic carbocycles. The first-order valence-corrected chi connectivity index (χ1v) is 4.01. The van der Waals surface area contributed by atoms with Crippen LogP contribution < -0.4 is 5.32 Å². The zero-order chi connectivity index (χ0) is 8.91. The molecule has 0 aromatic rings. The maximum absolute atomic E-state index is 3.87. The molecule has 0 fully saturated rings. The molecule has 0 unspecified atom stereocenters. The third kappa shape index (κ3) is 7.17. The van der Waals surface area contributed by atoms with Gasteiger partial charge in [0.25, 0.3) is 0 Å². The highest BCUT2D eigenvalue weighted by molar-refractivity contribution is 4.95. The summed E-state index contributed by atoms with van der Waals surface area (Å²) >= 11 is 0. The lowest BCUT2D eigenvalue weighted by Crippen LogP contribution is -2.09. The van der Waals surface area contributed by atoms with Gasteiger partial charge in [0, 0.05) is 5.70 Å². The molecule has 0 aromatic heterocycles. The Bertz CT molecular complexity index is 139. The normalized spacial score (nSPS) is 10.8. The van der Waals surface area contributed by atoms with Crippen molar-refractivity contribution >= 4 is 0 Å². The van der Waals surface area contributed by atoms with Gasteiger partial charge in [-0.1, -0.05) is 33.9 Å². The molecule has 0 saturated heterocycles. The van der Waals surface area contributed by atoms with Crippen molar-refractivity contribution in [3.8, 4) is 0 Å². The van der Waals surface area contributed by atoms with Crippen LogP contribution in [0.5, 0.6) is 0 Å². The number of allylic oxidation sites excluding steroid dienone is 1. The van der Waals surface area contributed by atoms with Gasteiger partial charge in [-0.3, -0.25) is 0 Å². The Labute approximate surface area is 70.2 Å². The van der Waals surface area contributed by atoms with E-state index >= 15 is 0 Å². The Morgan fingerprint density at radius 1 is 1.45 bits per heavy atom. The third-order valence-electron chi connectivity index (χ3n) is 1.48. The van der Waals surface area contributed by atoms with Crippen molar-refractivity contribution < 1.29 is 0 Å². The average Bonchev–Trinajstić information content (AvgIpc) is 1.83. The van der Waals surface area contributed by atoms with Gasteiger partial charge in [-0.15, -0.1) is 0 Å². The van der Waals surface area contributed by atoms with E-state index in [4.69, 9.17) is 0 Å². The molecule has 0 aliphatic heterocycles. The topological polar surface area (TPSA) is 12.0 Å². The Balaban J connectivity index is 3.54. The van der Waals surface area contributed by atoms with Gasteiger partial charge in [0.05, 0.1) is 0 Å². The summed E-state index contributed by atoms with van der Waals surface area (Å²) in [6.45, 7) is 14.1. The van der Waals surface area contributed by atoms with Crippen LogP contribution in [0.25, 0.3) is 0 Å². The first kappa shape index (κ1) is 10.3. The van der Waals surface area contributed by atoms with E-state index in [-0.39, 0.29) is 0 Å². The molecule has 0 aliphatic rings. The summed E-state index contributed by atoms with van der Waals surface area (Å²) in [5.74, 6) is 0. The first-order chi connectivity index (χ1) is 4.95. The van der Waals surface area contributed by atoms with Crippen LogP contribution in [-0.4, -0.2) is 0 Å². The summed E-state index contributed by atoms with van der Waals surface area (Å²) in [4.78, 5) is 0. The molecule has 0 bridgehead atoms. The highest BCUT2D eigenvalue weighted by Gasteiger charge is 2.09. The van der Waals surface area contributed by atoms with E-state index in [0.717, 1.165) is 18.5 Å². The SMILES string of the molecule is C=CNC(=C)CCC(C)(C)C. The first-order valence-electron chi connectivity index (χ1n) is 4.01. The van der Waals surface area contributed by atoms with Gasteiger partial charge in [-0.05, 0) is 24.5 Å². The van der Waals surface area contributed by atoms with Gasteiger partial charge in [0.15, 0.2) is 0 Å². The van der Waals surface area contributed by atoms with Gasteiger partial charge >= 0.3 is 0 Å². The van der Waals surface area contributed by atoms with Gasteiger partial charge < -0.3 is 5.32 Å². The van der Waals surface area contributed by atoms with Crippen molar-refractivity contribution in [1.82, 2.24) is 5.32 Å². The molecular weight excluding hydrogens is 134 g/mol. The Morgan fingerprint density at radius 3 is 2.36 bits per heavy atom. The van der Waals surface area contributed by atoms with Crippen molar-refractivity contribution in [2.75, 3.05) is 0 Å². The molecule has 0 heterocycles. The van der Waals surface area contributed by atoms with E-state index in [9.17, 15) is 0 Å². The summed E-state index contributed by atoms with van der Waals surface area (Å²) in [7, 11) is 0. The number of rotatable bonds is 4. The highest BCUT2D eigenvalue weighted by Crippen LogP contribution is 2.21. The quantitative estimate of drug-likeness (QED) is 0.654. The minimum Gasteiger partial charge on any atom is -0.366 e. The lowest BCUT2D eigenvalue weighted by atomic mass is 9.90. The number of hydrogen-bond donors (Lipinski definition) is 1. The predicted octanol–water partition coefficient (Wildman–Crippen LogP) is 3.06. The molecule has 0 amide bonds. The number of nitrogens with one attached hydrogen (secondary N) is 1. The molecule has 11 heavy (non-hydrogen) atoms. The minimum atomic E-state index is 0.395. The van der Waals surface area contributed by atoms with Crippen molar-refractivity contribution in [2.24, 2.45) is 5.41 Å². The van der Waals surface area contributed by atoms with Gasteiger partial charge in [0.2, 0.25) is 0 Å². The van der Waals surface area contributed by atoms with E-state index in [1.807, 2.05) is 0 Å². The highest BCUT2D eigenvalue weighted by atomic mass is 14.8. The van der Waals surface area contributed by atoms with Crippen LogP contribution in [0.3, 0.4) is 0 Å². The van der Waals surface area contributed by atoms with Crippen LogP contribution in [0, 0.1) is 5.41 Å². The summed E-state index contributed by atoms with van der Waals surface area (Å²) in [5.41, 5.74) is 1.45. The van der Waals surface area contributed by atoms with Crippen molar-refractivity contribution in [3.05, 3.63) is 25.1 Å². The second kappa shape index (κ2) is 4.22. The molecule has 0 saturated carbocycles. The second-order valence-corrected chi connectivity index (χ2v) is 4.01. The lowest BCUT2D eigenvalue weighted by Gasteiger charge is -2.18. The van der Waals surface area contributed by atoms with Crippen LogP contribution >= 0.6 is 0 Å². The van der Waals surface area contributed by atoms with E-state index in [0.29, 0.717) is 5.41 Å². The number of hydrogen-bond acceptors (Lipinski definition) is 1. The molecule has 0 aliphatic carbocycles. The fourth-order valence-electron chi connectivity index (χ4n) is 0.742.